The van der Waals surface area contributed by atoms with Gasteiger partial charge in [0, 0.05) is 26.2 Å². The number of anilines is 2. The number of piperazine rings is 1. The fourth-order valence-corrected chi connectivity index (χ4v) is 4.58. The van der Waals surface area contributed by atoms with Crippen molar-refractivity contribution >= 4 is 35.7 Å². The van der Waals surface area contributed by atoms with E-state index in [2.05, 4.69) is 25.7 Å². The lowest BCUT2D eigenvalue weighted by atomic mass is 9.92. The van der Waals surface area contributed by atoms with Crippen LogP contribution in [0.5, 0.6) is 0 Å². The van der Waals surface area contributed by atoms with E-state index in [1.165, 1.54) is 11.8 Å². The number of hydrogen-bond acceptors (Lipinski definition) is 9. The molecule has 2 heterocycles. The number of halogens is 1. The Labute approximate surface area is 191 Å². The zero-order chi connectivity index (χ0) is 23.1. The number of carbonyl (C=O) groups excluding carboxylic acids is 2. The number of aromatic nitrogens is 2. The third-order valence-corrected chi connectivity index (χ3v) is 6.64. The fourth-order valence-electron chi connectivity index (χ4n) is 4.22. The van der Waals surface area contributed by atoms with Crippen LogP contribution in [0.4, 0.5) is 16.0 Å². The van der Waals surface area contributed by atoms with Crippen LogP contribution < -0.4 is 15.8 Å². The summed E-state index contributed by atoms with van der Waals surface area (Å²) in [6, 6.07) is 0. The number of nitrogens with zero attached hydrogens (tertiary/aromatic N) is 5. The Bertz CT molecular complexity index is 789. The van der Waals surface area contributed by atoms with Gasteiger partial charge < -0.3 is 9.80 Å². The number of hydrazine groups is 1. The van der Waals surface area contributed by atoms with Gasteiger partial charge in [-0.25, -0.2) is 15.0 Å². The number of rotatable bonds is 10. The Hall–Kier alpha value is -2.18. The van der Waals surface area contributed by atoms with Crippen LogP contribution in [0, 0.1) is 17.7 Å². The fraction of sp³-hybridized carbons (Fsp3) is 0.700. The van der Waals surface area contributed by atoms with E-state index in [4.69, 9.17) is 0 Å². The number of likely N-dealkylation sites (N-methyl/N-ethyl adjacent to an activating group) is 1. The van der Waals surface area contributed by atoms with Crippen LogP contribution >= 0.6 is 11.8 Å². The van der Waals surface area contributed by atoms with Crippen LogP contribution in [-0.2, 0) is 9.59 Å². The molecule has 1 aromatic rings. The Balaban J connectivity index is 1.70. The largest absolute Gasteiger partial charge is 0.351 e. The molecule has 32 heavy (non-hydrogen) atoms. The van der Waals surface area contributed by atoms with E-state index in [1.807, 2.05) is 11.9 Å². The summed E-state index contributed by atoms with van der Waals surface area (Å²) in [6.07, 6.45) is 6.91. The summed E-state index contributed by atoms with van der Waals surface area (Å²) in [7, 11) is 2.02. The van der Waals surface area contributed by atoms with E-state index in [0.717, 1.165) is 38.8 Å². The van der Waals surface area contributed by atoms with Crippen LogP contribution in [0.1, 0.15) is 32.1 Å². The van der Waals surface area contributed by atoms with Gasteiger partial charge in [0.05, 0.1) is 12.5 Å². The van der Waals surface area contributed by atoms with Crippen molar-refractivity contribution in [2.75, 3.05) is 56.4 Å². The Kier molecular flexibility index (Phi) is 8.88. The molecule has 0 unspecified atom stereocenters. The van der Waals surface area contributed by atoms with Crippen LogP contribution in [0.2, 0.25) is 0 Å². The summed E-state index contributed by atoms with van der Waals surface area (Å²) in [4.78, 5) is 36.2. The Morgan fingerprint density at radius 3 is 2.62 bits per heavy atom. The SMILES string of the molecule is CSc1nc(NNC(=O)[C@@H](CC2CCCC2)CN(O)C=O)c(F)c(N2CCN(C)CC2)n1. The molecule has 1 aromatic heterocycles. The maximum absolute atomic E-state index is 15.2. The summed E-state index contributed by atoms with van der Waals surface area (Å²) in [6.45, 7) is 2.77. The van der Waals surface area contributed by atoms with Crippen molar-refractivity contribution in [2.24, 2.45) is 11.8 Å². The van der Waals surface area contributed by atoms with Gasteiger partial charge in [-0.2, -0.15) is 4.39 Å². The summed E-state index contributed by atoms with van der Waals surface area (Å²) in [5, 5.41) is 10.5. The molecule has 1 saturated carbocycles. The highest BCUT2D eigenvalue weighted by Gasteiger charge is 2.28. The maximum Gasteiger partial charge on any atom is 0.243 e. The molecule has 178 valence electrons. The van der Waals surface area contributed by atoms with E-state index in [-0.39, 0.29) is 24.6 Å². The minimum Gasteiger partial charge on any atom is -0.351 e. The molecule has 10 nitrogen and oxygen atoms in total. The zero-order valence-corrected chi connectivity index (χ0v) is 19.4. The van der Waals surface area contributed by atoms with Crippen LogP contribution in [0.3, 0.4) is 0 Å². The van der Waals surface area contributed by atoms with Gasteiger partial charge in [-0.15, -0.1) is 0 Å². The summed E-state index contributed by atoms with van der Waals surface area (Å²) in [5.41, 5.74) is 5.13. The van der Waals surface area contributed by atoms with E-state index < -0.39 is 17.6 Å². The molecule has 2 amide bonds. The second-order valence-electron chi connectivity index (χ2n) is 8.41. The molecule has 1 aliphatic carbocycles. The molecule has 2 aliphatic rings. The van der Waals surface area contributed by atoms with Crippen LogP contribution in [0.25, 0.3) is 0 Å². The first kappa shape index (κ1) is 24.5. The second-order valence-corrected chi connectivity index (χ2v) is 9.19. The molecule has 3 N–H and O–H groups in total. The summed E-state index contributed by atoms with van der Waals surface area (Å²) in [5.74, 6) is -1.21. The molecule has 0 spiro atoms. The van der Waals surface area contributed by atoms with Gasteiger partial charge in [0.2, 0.25) is 18.1 Å². The smallest absolute Gasteiger partial charge is 0.243 e. The van der Waals surface area contributed by atoms with Gasteiger partial charge in [0.25, 0.3) is 0 Å². The van der Waals surface area contributed by atoms with Crippen molar-refractivity contribution in [1.29, 1.82) is 0 Å². The highest BCUT2D eigenvalue weighted by molar-refractivity contribution is 7.98. The van der Waals surface area contributed by atoms with E-state index >= 15 is 4.39 Å². The molecule has 0 radical (unpaired) electrons. The average Bonchev–Trinajstić information content (AvgIpc) is 3.31. The third-order valence-electron chi connectivity index (χ3n) is 6.10. The maximum atomic E-state index is 15.2. The molecular formula is C20H32FN7O3S. The van der Waals surface area contributed by atoms with Crippen molar-refractivity contribution < 1.29 is 19.2 Å². The van der Waals surface area contributed by atoms with E-state index in [9.17, 15) is 14.8 Å². The minimum atomic E-state index is -0.628. The first-order chi connectivity index (χ1) is 15.4. The van der Waals surface area contributed by atoms with E-state index in [0.29, 0.717) is 35.6 Å². The van der Waals surface area contributed by atoms with Crippen molar-refractivity contribution in [3.63, 3.8) is 0 Å². The van der Waals surface area contributed by atoms with Crippen molar-refractivity contribution in [3.8, 4) is 0 Å². The lowest BCUT2D eigenvalue weighted by Crippen LogP contribution is -2.45. The van der Waals surface area contributed by atoms with Crippen LogP contribution in [-0.4, -0.2) is 83.5 Å². The molecule has 12 heteroatoms. The molecule has 1 atom stereocenters. The quantitative estimate of drug-likeness (QED) is 0.154. The molecule has 2 fully saturated rings. The van der Waals surface area contributed by atoms with Crippen LogP contribution in [0.15, 0.2) is 5.16 Å². The lowest BCUT2D eigenvalue weighted by molar-refractivity contribution is -0.154. The van der Waals surface area contributed by atoms with Gasteiger partial charge in [-0.05, 0) is 25.6 Å². The number of amides is 2. The number of hydroxylamine groups is 2. The Morgan fingerprint density at radius 2 is 2.00 bits per heavy atom. The second kappa shape index (κ2) is 11.6. The highest BCUT2D eigenvalue weighted by Crippen LogP contribution is 2.31. The predicted octanol–water partition coefficient (Wildman–Crippen LogP) is 1.58. The highest BCUT2D eigenvalue weighted by atomic mass is 32.2. The molecule has 1 aliphatic heterocycles. The van der Waals surface area contributed by atoms with Crippen molar-refractivity contribution in [2.45, 2.75) is 37.3 Å². The Morgan fingerprint density at radius 1 is 1.31 bits per heavy atom. The van der Waals surface area contributed by atoms with Gasteiger partial charge in [-0.3, -0.25) is 25.6 Å². The number of hydrogen-bond donors (Lipinski definition) is 3. The third kappa shape index (κ3) is 6.42. The standard InChI is InChI=1S/C20H32FN7O3S/c1-26-7-9-27(10-8-26)18-16(21)17(22-20(23-18)32-2)24-25-19(30)15(12-28(31)13-29)11-14-5-3-4-6-14/h13-15,31H,3-12H2,1-2H3,(H,25,30)(H,22,23,24)/t15-/m0/s1. The lowest BCUT2D eigenvalue weighted by Gasteiger charge is -2.33. The first-order valence-corrected chi connectivity index (χ1v) is 12.2. The van der Waals surface area contributed by atoms with Gasteiger partial charge >= 0.3 is 0 Å². The topological polar surface area (TPSA) is 114 Å². The van der Waals surface area contributed by atoms with Crippen molar-refractivity contribution in [3.05, 3.63) is 5.82 Å². The molecule has 0 bridgehead atoms. The average molecular weight is 470 g/mol. The minimum absolute atomic E-state index is 0.109. The first-order valence-electron chi connectivity index (χ1n) is 10.9. The molecule has 1 saturated heterocycles. The predicted molar refractivity (Wildman–Crippen MR) is 120 cm³/mol. The molecular weight excluding hydrogens is 437 g/mol. The number of carbonyl (C=O) groups is 2. The van der Waals surface area contributed by atoms with Gasteiger partial charge in [0.1, 0.15) is 0 Å². The molecule has 0 aromatic carbocycles. The monoisotopic (exact) mass is 469 g/mol. The zero-order valence-electron chi connectivity index (χ0n) is 18.6. The van der Waals surface area contributed by atoms with Crippen molar-refractivity contribution in [1.82, 2.24) is 25.4 Å². The summed E-state index contributed by atoms with van der Waals surface area (Å²) >= 11 is 1.29. The number of thioether (sulfide) groups is 1. The normalized spacial score (nSPS) is 18.4. The van der Waals surface area contributed by atoms with Gasteiger partial charge in [0.15, 0.2) is 16.8 Å². The summed E-state index contributed by atoms with van der Waals surface area (Å²) < 4.78 is 15.2. The number of nitrogens with one attached hydrogen (secondary N) is 2. The molecule has 3 rings (SSSR count). The van der Waals surface area contributed by atoms with E-state index in [1.54, 1.807) is 6.26 Å². The van der Waals surface area contributed by atoms with Gasteiger partial charge in [-0.1, -0.05) is 37.4 Å².